The smallest absolute Gasteiger partial charge is 0.317 e. The normalized spacial score (nSPS) is 16.5. The van der Waals surface area contributed by atoms with Gasteiger partial charge in [0, 0.05) is 30.1 Å². The Morgan fingerprint density at radius 1 is 1.17 bits per heavy atom. The van der Waals surface area contributed by atoms with Crippen molar-refractivity contribution in [2.75, 3.05) is 23.7 Å². The molecule has 1 fully saturated rings. The predicted molar refractivity (Wildman–Crippen MR) is 115 cm³/mol. The van der Waals surface area contributed by atoms with Crippen molar-refractivity contribution in [3.8, 4) is 10.4 Å². The van der Waals surface area contributed by atoms with Gasteiger partial charge in [-0.25, -0.2) is 4.79 Å². The first-order valence-electron chi connectivity index (χ1n) is 9.52. The van der Waals surface area contributed by atoms with E-state index in [1.54, 1.807) is 12.1 Å². The Morgan fingerprint density at radius 3 is 2.76 bits per heavy atom. The number of carbonyl (C=O) groups excluding carboxylic acids is 3. The number of benzene rings is 1. The Hall–Kier alpha value is -2.91. The zero-order valence-electron chi connectivity index (χ0n) is 16.2. The molecule has 2 heterocycles. The molecule has 4 amide bonds. The number of rotatable bonds is 5. The van der Waals surface area contributed by atoms with Crippen LogP contribution in [-0.4, -0.2) is 37.0 Å². The molecule has 0 bridgehead atoms. The van der Waals surface area contributed by atoms with Crippen molar-refractivity contribution in [2.24, 2.45) is 5.73 Å². The molecule has 6 N–H and O–H groups in total. The van der Waals surface area contributed by atoms with Gasteiger partial charge in [0.2, 0.25) is 5.91 Å². The molecular weight excluding hydrogens is 390 g/mol. The zero-order chi connectivity index (χ0) is 20.8. The largest absolute Gasteiger partial charge is 0.351 e. The predicted octanol–water partition coefficient (Wildman–Crippen LogP) is 2.74. The van der Waals surface area contributed by atoms with Crippen LogP contribution < -0.4 is 27.0 Å². The van der Waals surface area contributed by atoms with Gasteiger partial charge in [0.05, 0.1) is 5.56 Å². The Bertz CT molecular complexity index is 903. The summed E-state index contributed by atoms with van der Waals surface area (Å²) in [5, 5.41) is 12.1. The fourth-order valence-corrected chi connectivity index (χ4v) is 4.32. The summed E-state index contributed by atoms with van der Waals surface area (Å²) in [6.07, 6.45) is 3.05. The molecule has 0 unspecified atom stereocenters. The number of hydrogen-bond acceptors (Lipinski definition) is 5. The zero-order valence-corrected chi connectivity index (χ0v) is 17.0. The van der Waals surface area contributed by atoms with E-state index < -0.39 is 6.03 Å². The topological polar surface area (TPSA) is 125 Å². The summed E-state index contributed by atoms with van der Waals surface area (Å²) in [6, 6.07) is 8.35. The SMILES string of the molecule is CC(=O)Nc1cccc(-c2cc(C(=O)N[C@H]3CCCCNC3)c(NC(N)=O)s2)c1. The molecule has 0 radical (unpaired) electrons. The summed E-state index contributed by atoms with van der Waals surface area (Å²) >= 11 is 1.26. The van der Waals surface area contributed by atoms with Crippen molar-refractivity contribution in [2.45, 2.75) is 32.2 Å². The lowest BCUT2D eigenvalue weighted by Crippen LogP contribution is -2.41. The quantitative estimate of drug-likeness (QED) is 0.515. The monoisotopic (exact) mass is 415 g/mol. The van der Waals surface area contributed by atoms with E-state index in [1.807, 2.05) is 18.2 Å². The minimum absolute atomic E-state index is 0.0397. The van der Waals surface area contributed by atoms with Crippen LogP contribution >= 0.6 is 11.3 Å². The molecule has 1 aromatic heterocycles. The second-order valence-electron chi connectivity index (χ2n) is 6.97. The van der Waals surface area contributed by atoms with Crippen LogP contribution in [0.5, 0.6) is 0 Å². The van der Waals surface area contributed by atoms with E-state index >= 15 is 0 Å². The van der Waals surface area contributed by atoms with E-state index in [0.717, 1.165) is 42.8 Å². The fourth-order valence-electron chi connectivity index (χ4n) is 3.27. The van der Waals surface area contributed by atoms with E-state index in [4.69, 9.17) is 5.73 Å². The third-order valence-corrected chi connectivity index (χ3v) is 5.66. The molecule has 3 rings (SSSR count). The van der Waals surface area contributed by atoms with Gasteiger partial charge in [-0.1, -0.05) is 18.6 Å². The lowest BCUT2D eigenvalue weighted by molar-refractivity contribution is -0.114. The first kappa shape index (κ1) is 20.8. The van der Waals surface area contributed by atoms with E-state index in [-0.39, 0.29) is 17.9 Å². The van der Waals surface area contributed by atoms with Gasteiger partial charge < -0.3 is 21.7 Å². The van der Waals surface area contributed by atoms with Crippen LogP contribution in [0.1, 0.15) is 36.5 Å². The molecule has 29 heavy (non-hydrogen) atoms. The molecule has 9 heteroatoms. The number of thiophene rings is 1. The van der Waals surface area contributed by atoms with Crippen LogP contribution in [0.25, 0.3) is 10.4 Å². The molecule has 0 spiro atoms. The second kappa shape index (κ2) is 9.53. The van der Waals surface area contributed by atoms with E-state index in [2.05, 4.69) is 21.3 Å². The molecule has 1 aromatic carbocycles. The van der Waals surface area contributed by atoms with Crippen molar-refractivity contribution in [3.05, 3.63) is 35.9 Å². The number of urea groups is 1. The highest BCUT2D eigenvalue weighted by Gasteiger charge is 2.21. The van der Waals surface area contributed by atoms with Crippen LogP contribution in [0.3, 0.4) is 0 Å². The summed E-state index contributed by atoms with van der Waals surface area (Å²) in [7, 11) is 0. The number of carbonyl (C=O) groups is 3. The van der Waals surface area contributed by atoms with Gasteiger partial charge in [-0.15, -0.1) is 11.3 Å². The molecule has 0 saturated carbocycles. The highest BCUT2D eigenvalue weighted by atomic mass is 32.1. The summed E-state index contributed by atoms with van der Waals surface area (Å²) in [6.45, 7) is 3.12. The lowest BCUT2D eigenvalue weighted by Gasteiger charge is -2.16. The molecule has 154 valence electrons. The van der Waals surface area contributed by atoms with E-state index in [1.165, 1.54) is 18.3 Å². The van der Waals surface area contributed by atoms with Crippen molar-refractivity contribution in [3.63, 3.8) is 0 Å². The van der Waals surface area contributed by atoms with Crippen molar-refractivity contribution in [1.82, 2.24) is 10.6 Å². The van der Waals surface area contributed by atoms with Gasteiger partial charge in [0.1, 0.15) is 5.00 Å². The average molecular weight is 416 g/mol. The Balaban J connectivity index is 1.86. The van der Waals surface area contributed by atoms with Crippen LogP contribution in [0.4, 0.5) is 15.5 Å². The van der Waals surface area contributed by atoms with Gasteiger partial charge >= 0.3 is 6.03 Å². The molecule has 1 aliphatic rings. The van der Waals surface area contributed by atoms with E-state index in [9.17, 15) is 14.4 Å². The number of anilines is 2. The van der Waals surface area contributed by atoms with Gasteiger partial charge in [-0.05, 0) is 43.1 Å². The van der Waals surface area contributed by atoms with Gasteiger partial charge in [0.25, 0.3) is 5.91 Å². The van der Waals surface area contributed by atoms with Gasteiger partial charge in [-0.3, -0.25) is 14.9 Å². The number of primary amides is 1. The van der Waals surface area contributed by atoms with Crippen LogP contribution in [-0.2, 0) is 4.79 Å². The fraction of sp³-hybridized carbons (Fsp3) is 0.350. The van der Waals surface area contributed by atoms with Crippen molar-refractivity contribution in [1.29, 1.82) is 0 Å². The molecular formula is C20H25N5O3S. The Kier molecular flexibility index (Phi) is 6.84. The molecule has 1 aliphatic heterocycles. The summed E-state index contributed by atoms with van der Waals surface area (Å²) in [4.78, 5) is 36.4. The van der Waals surface area contributed by atoms with Crippen LogP contribution in [0.2, 0.25) is 0 Å². The highest BCUT2D eigenvalue weighted by molar-refractivity contribution is 7.20. The van der Waals surface area contributed by atoms with Crippen LogP contribution in [0, 0.1) is 0 Å². The first-order valence-corrected chi connectivity index (χ1v) is 10.3. The lowest BCUT2D eigenvalue weighted by atomic mass is 10.1. The Morgan fingerprint density at radius 2 is 2.00 bits per heavy atom. The minimum atomic E-state index is -0.726. The maximum Gasteiger partial charge on any atom is 0.317 e. The second-order valence-corrected chi connectivity index (χ2v) is 8.03. The first-order chi connectivity index (χ1) is 13.9. The molecule has 2 aromatic rings. The average Bonchev–Trinajstić information content (AvgIpc) is 2.89. The maximum absolute atomic E-state index is 12.9. The number of nitrogens with one attached hydrogen (secondary N) is 4. The third-order valence-electron chi connectivity index (χ3n) is 4.56. The number of amides is 4. The molecule has 1 saturated heterocycles. The summed E-state index contributed by atoms with van der Waals surface area (Å²) in [5.74, 6) is -0.413. The van der Waals surface area contributed by atoms with Crippen molar-refractivity contribution < 1.29 is 14.4 Å². The van der Waals surface area contributed by atoms with Gasteiger partial charge in [-0.2, -0.15) is 0 Å². The number of hydrogen-bond donors (Lipinski definition) is 5. The molecule has 8 nitrogen and oxygen atoms in total. The maximum atomic E-state index is 12.9. The third kappa shape index (κ3) is 5.78. The summed E-state index contributed by atoms with van der Waals surface area (Å²) in [5.41, 5.74) is 7.14. The molecule has 1 atom stereocenters. The Labute approximate surface area is 173 Å². The molecule has 0 aliphatic carbocycles. The highest BCUT2D eigenvalue weighted by Crippen LogP contribution is 2.36. The van der Waals surface area contributed by atoms with Crippen molar-refractivity contribution >= 4 is 39.9 Å². The standard InChI is InChI=1S/C20H25N5O3S/c1-12(26)23-14-7-4-5-13(9-14)17-10-16(19(29-17)25-20(21)28)18(27)24-15-6-2-3-8-22-11-15/h4-5,7,9-10,15,22H,2-3,6,8,11H2,1H3,(H,23,26)(H,24,27)(H3,21,25,28)/t15-/m0/s1. The summed E-state index contributed by atoms with van der Waals surface area (Å²) < 4.78 is 0. The van der Waals surface area contributed by atoms with Gasteiger partial charge in [0.15, 0.2) is 0 Å². The van der Waals surface area contributed by atoms with Crippen LogP contribution in [0.15, 0.2) is 30.3 Å². The van der Waals surface area contributed by atoms with E-state index in [0.29, 0.717) is 16.3 Å². The minimum Gasteiger partial charge on any atom is -0.351 e. The number of nitrogens with two attached hydrogens (primary N) is 1.